The first kappa shape index (κ1) is 13.1. The number of aryl methyl sites for hydroxylation is 1. The van der Waals surface area contributed by atoms with Crippen LogP contribution in [-0.2, 0) is 0 Å². The summed E-state index contributed by atoms with van der Waals surface area (Å²) in [6.07, 6.45) is 0. The van der Waals surface area contributed by atoms with Crippen LogP contribution in [-0.4, -0.2) is 4.99 Å². The molecule has 0 heterocycles. The molecule has 0 radical (unpaired) electrons. The van der Waals surface area contributed by atoms with E-state index in [1.807, 2.05) is 49.4 Å². The van der Waals surface area contributed by atoms with E-state index in [4.69, 9.17) is 18.0 Å². The molecule has 2 aromatic carbocycles. The van der Waals surface area contributed by atoms with Crippen LogP contribution in [0.25, 0.3) is 0 Å². The second-order valence-corrected chi connectivity index (χ2v) is 5.40. The maximum absolute atomic E-state index is 5.75. The summed E-state index contributed by atoms with van der Waals surface area (Å²) in [6, 6.07) is 14.0. The van der Waals surface area contributed by atoms with Crippen molar-refractivity contribution in [3.05, 3.63) is 58.1 Å². The van der Waals surface area contributed by atoms with Crippen molar-refractivity contribution in [2.75, 3.05) is 5.32 Å². The first-order chi connectivity index (χ1) is 8.56. The Morgan fingerprint density at radius 3 is 2.44 bits per heavy atom. The van der Waals surface area contributed by atoms with E-state index in [2.05, 4.69) is 21.2 Å². The molecular weight excluding hydrogens is 308 g/mol. The zero-order valence-corrected chi connectivity index (χ0v) is 12.3. The molecule has 0 atom stereocenters. The Labute approximate surface area is 120 Å². The van der Waals surface area contributed by atoms with Gasteiger partial charge in [-0.2, -0.15) is 0 Å². The van der Waals surface area contributed by atoms with Crippen molar-refractivity contribution in [2.24, 2.45) is 5.73 Å². The van der Waals surface area contributed by atoms with E-state index in [1.54, 1.807) is 0 Å². The number of nitrogens with one attached hydrogen (secondary N) is 1. The Morgan fingerprint density at radius 2 is 1.83 bits per heavy atom. The van der Waals surface area contributed by atoms with Crippen LogP contribution in [0.1, 0.15) is 11.1 Å². The summed E-state index contributed by atoms with van der Waals surface area (Å²) < 4.78 is 1.05. The third-order valence-corrected chi connectivity index (χ3v) is 3.31. The predicted octanol–water partition coefficient (Wildman–Crippen LogP) is 4.14. The second-order valence-electron chi connectivity index (χ2n) is 4.05. The SMILES string of the molecule is Cc1ccc(Nc2ccc(Br)cc2)c(C(N)=S)c1. The normalized spacial score (nSPS) is 10.1. The van der Waals surface area contributed by atoms with Crippen molar-refractivity contribution >= 4 is 44.5 Å². The maximum atomic E-state index is 5.75. The van der Waals surface area contributed by atoms with E-state index in [1.165, 1.54) is 0 Å². The summed E-state index contributed by atoms with van der Waals surface area (Å²) in [4.78, 5) is 0.401. The Hall–Kier alpha value is -1.39. The molecule has 0 unspecified atom stereocenters. The average Bonchev–Trinajstić information content (AvgIpc) is 2.34. The molecule has 92 valence electrons. The van der Waals surface area contributed by atoms with E-state index in [9.17, 15) is 0 Å². The van der Waals surface area contributed by atoms with Crippen LogP contribution in [0, 0.1) is 6.92 Å². The zero-order chi connectivity index (χ0) is 13.1. The fourth-order valence-corrected chi connectivity index (χ4v) is 2.09. The maximum Gasteiger partial charge on any atom is 0.106 e. The predicted molar refractivity (Wildman–Crippen MR) is 84.5 cm³/mol. The van der Waals surface area contributed by atoms with Gasteiger partial charge in [-0.15, -0.1) is 0 Å². The van der Waals surface area contributed by atoms with Crippen molar-refractivity contribution in [3.63, 3.8) is 0 Å². The number of hydrogen-bond donors (Lipinski definition) is 2. The van der Waals surface area contributed by atoms with Gasteiger partial charge in [0.1, 0.15) is 4.99 Å². The lowest BCUT2D eigenvalue weighted by atomic mass is 10.1. The molecule has 18 heavy (non-hydrogen) atoms. The van der Waals surface area contributed by atoms with E-state index in [0.717, 1.165) is 27.0 Å². The lowest BCUT2D eigenvalue weighted by molar-refractivity contribution is 1.43. The van der Waals surface area contributed by atoms with Gasteiger partial charge in [-0.05, 0) is 43.3 Å². The molecule has 0 amide bonds. The summed E-state index contributed by atoms with van der Waals surface area (Å²) >= 11 is 8.49. The van der Waals surface area contributed by atoms with Gasteiger partial charge < -0.3 is 11.1 Å². The molecule has 0 aliphatic carbocycles. The number of anilines is 2. The molecule has 0 saturated carbocycles. The molecule has 0 saturated heterocycles. The van der Waals surface area contributed by atoms with Gasteiger partial charge in [0.15, 0.2) is 0 Å². The average molecular weight is 321 g/mol. The van der Waals surface area contributed by atoms with Crippen LogP contribution in [0.5, 0.6) is 0 Å². The minimum absolute atomic E-state index is 0.401. The Balaban J connectivity index is 2.34. The van der Waals surface area contributed by atoms with Gasteiger partial charge in [0.25, 0.3) is 0 Å². The highest BCUT2D eigenvalue weighted by molar-refractivity contribution is 9.10. The van der Waals surface area contributed by atoms with Crippen LogP contribution in [0.3, 0.4) is 0 Å². The summed E-state index contributed by atoms with van der Waals surface area (Å²) in [5.74, 6) is 0. The summed E-state index contributed by atoms with van der Waals surface area (Å²) in [7, 11) is 0. The van der Waals surface area contributed by atoms with E-state index in [0.29, 0.717) is 4.99 Å². The molecule has 3 N–H and O–H groups in total. The lowest BCUT2D eigenvalue weighted by Crippen LogP contribution is -2.12. The largest absolute Gasteiger partial charge is 0.389 e. The minimum Gasteiger partial charge on any atom is -0.389 e. The summed E-state index contributed by atoms with van der Waals surface area (Å²) in [6.45, 7) is 2.02. The smallest absolute Gasteiger partial charge is 0.106 e. The van der Waals surface area contributed by atoms with Crippen LogP contribution >= 0.6 is 28.1 Å². The monoisotopic (exact) mass is 320 g/mol. The quantitative estimate of drug-likeness (QED) is 0.835. The molecule has 4 heteroatoms. The van der Waals surface area contributed by atoms with Crippen LogP contribution in [0.4, 0.5) is 11.4 Å². The second kappa shape index (κ2) is 5.50. The minimum atomic E-state index is 0.401. The first-order valence-electron chi connectivity index (χ1n) is 5.49. The summed E-state index contributed by atoms with van der Waals surface area (Å²) in [5, 5.41) is 3.32. The van der Waals surface area contributed by atoms with Crippen LogP contribution in [0.2, 0.25) is 0 Å². The molecule has 0 fully saturated rings. The number of benzene rings is 2. The molecular formula is C14H13BrN2S. The zero-order valence-electron chi connectivity index (χ0n) is 9.91. The Kier molecular flexibility index (Phi) is 3.99. The topological polar surface area (TPSA) is 38.0 Å². The third-order valence-electron chi connectivity index (χ3n) is 2.56. The van der Waals surface area contributed by atoms with Crippen molar-refractivity contribution in [2.45, 2.75) is 6.92 Å². The van der Waals surface area contributed by atoms with Crippen molar-refractivity contribution in [1.29, 1.82) is 0 Å². The van der Waals surface area contributed by atoms with Crippen molar-refractivity contribution < 1.29 is 0 Å². The van der Waals surface area contributed by atoms with Gasteiger partial charge in [-0.1, -0.05) is 39.8 Å². The standard InChI is InChI=1S/C14H13BrN2S/c1-9-2-7-13(12(8-9)14(16)18)17-11-5-3-10(15)4-6-11/h2-8,17H,1H3,(H2,16,18). The van der Waals surface area contributed by atoms with Gasteiger partial charge in [-0.3, -0.25) is 0 Å². The summed E-state index contributed by atoms with van der Waals surface area (Å²) in [5.41, 5.74) is 9.68. The van der Waals surface area contributed by atoms with Gasteiger partial charge in [0.2, 0.25) is 0 Å². The fraction of sp³-hybridized carbons (Fsp3) is 0.0714. The molecule has 0 spiro atoms. The van der Waals surface area contributed by atoms with E-state index >= 15 is 0 Å². The lowest BCUT2D eigenvalue weighted by Gasteiger charge is -2.12. The van der Waals surface area contributed by atoms with Crippen molar-refractivity contribution in [1.82, 2.24) is 0 Å². The molecule has 2 aromatic rings. The van der Waals surface area contributed by atoms with Gasteiger partial charge in [0, 0.05) is 21.4 Å². The van der Waals surface area contributed by atoms with E-state index in [-0.39, 0.29) is 0 Å². The van der Waals surface area contributed by atoms with E-state index < -0.39 is 0 Å². The van der Waals surface area contributed by atoms with Crippen LogP contribution in [0.15, 0.2) is 46.9 Å². The number of hydrogen-bond acceptors (Lipinski definition) is 2. The third kappa shape index (κ3) is 3.09. The number of nitrogens with two attached hydrogens (primary N) is 1. The fourth-order valence-electron chi connectivity index (χ4n) is 1.66. The molecule has 0 aliphatic heterocycles. The number of rotatable bonds is 3. The Morgan fingerprint density at radius 1 is 1.17 bits per heavy atom. The van der Waals surface area contributed by atoms with Gasteiger partial charge in [0.05, 0.1) is 0 Å². The molecule has 2 nitrogen and oxygen atoms in total. The first-order valence-corrected chi connectivity index (χ1v) is 6.69. The number of halogens is 1. The van der Waals surface area contributed by atoms with Crippen molar-refractivity contribution in [3.8, 4) is 0 Å². The molecule has 0 bridgehead atoms. The van der Waals surface area contributed by atoms with Gasteiger partial charge >= 0.3 is 0 Å². The van der Waals surface area contributed by atoms with Gasteiger partial charge in [-0.25, -0.2) is 0 Å². The van der Waals surface area contributed by atoms with Crippen LogP contribution < -0.4 is 11.1 Å². The highest BCUT2D eigenvalue weighted by Crippen LogP contribution is 2.23. The number of thiocarbonyl (C=S) groups is 1. The molecule has 0 aromatic heterocycles. The Bertz CT molecular complexity index is 579. The highest BCUT2D eigenvalue weighted by Gasteiger charge is 2.05. The molecule has 2 rings (SSSR count). The molecule has 0 aliphatic rings. The highest BCUT2D eigenvalue weighted by atomic mass is 79.9.